The fourth-order valence-electron chi connectivity index (χ4n) is 3.17. The smallest absolute Gasteiger partial charge is 0.407 e. The monoisotopic (exact) mass is 385 g/mol. The first-order valence-corrected chi connectivity index (χ1v) is 10.3. The van der Waals surface area contributed by atoms with Crippen LogP contribution in [0.1, 0.15) is 59.3 Å². The van der Waals surface area contributed by atoms with Gasteiger partial charge in [-0.3, -0.25) is 0 Å². The Hall–Kier alpha value is -1.35. The van der Waals surface area contributed by atoms with Gasteiger partial charge in [0.1, 0.15) is 5.60 Å². The van der Waals surface area contributed by atoms with E-state index >= 15 is 0 Å². The Morgan fingerprint density at radius 3 is 2.65 bits per heavy atom. The predicted octanol–water partition coefficient (Wildman–Crippen LogP) is 2.53. The number of nitrogens with zero attached hydrogens (tertiary/aromatic N) is 4. The highest BCUT2D eigenvalue weighted by Crippen LogP contribution is 2.29. The van der Waals surface area contributed by atoms with E-state index in [0.717, 1.165) is 19.3 Å². The minimum Gasteiger partial charge on any atom is -0.444 e. The molecular weight excluding hydrogens is 354 g/mol. The van der Waals surface area contributed by atoms with Crippen LogP contribution in [0.3, 0.4) is 0 Å². The third-order valence-electron chi connectivity index (χ3n) is 4.44. The lowest BCUT2D eigenvalue weighted by Crippen LogP contribution is -2.47. The molecule has 1 aromatic heterocycles. The van der Waals surface area contributed by atoms with Crippen LogP contribution >= 0.6 is 11.8 Å². The van der Waals surface area contributed by atoms with Gasteiger partial charge in [0.2, 0.25) is 5.16 Å². The molecule has 0 aromatic carbocycles. The summed E-state index contributed by atoms with van der Waals surface area (Å²) in [5, 5.41) is 25.5. The largest absolute Gasteiger partial charge is 0.444 e. The summed E-state index contributed by atoms with van der Waals surface area (Å²) in [6, 6.07) is -0.346. The topological polar surface area (TPSA) is 102 Å². The van der Waals surface area contributed by atoms with Crippen LogP contribution in [0, 0.1) is 5.92 Å². The van der Waals surface area contributed by atoms with Crippen molar-refractivity contribution in [3.63, 3.8) is 0 Å². The van der Waals surface area contributed by atoms with Gasteiger partial charge in [-0.05, 0) is 43.5 Å². The first-order valence-electron chi connectivity index (χ1n) is 9.27. The van der Waals surface area contributed by atoms with Gasteiger partial charge in [-0.2, -0.15) is 0 Å². The standard InChI is InChI=1S/C17H31N5O3S/c1-17(2,3)25-16(24)18-13(10-12-8-6-5-7-9-12)14(23)11-26-15-19-20-21-22(15)4/h12-14,23H,5-11H2,1-4H3,(H,18,24)/t13-,14?/m0/s1. The van der Waals surface area contributed by atoms with Crippen LogP contribution < -0.4 is 5.32 Å². The first kappa shape index (κ1) is 21.0. The van der Waals surface area contributed by atoms with Gasteiger partial charge in [0, 0.05) is 12.8 Å². The van der Waals surface area contributed by atoms with Crippen molar-refractivity contribution in [2.24, 2.45) is 13.0 Å². The molecule has 1 fully saturated rings. The number of alkyl carbamates (subject to hydrolysis) is 1. The van der Waals surface area contributed by atoms with Crippen LogP contribution in [0.15, 0.2) is 5.16 Å². The summed E-state index contributed by atoms with van der Waals surface area (Å²) in [5.74, 6) is 0.932. The van der Waals surface area contributed by atoms with Crippen LogP contribution in [-0.2, 0) is 11.8 Å². The molecule has 26 heavy (non-hydrogen) atoms. The van der Waals surface area contributed by atoms with E-state index in [9.17, 15) is 9.90 Å². The quantitative estimate of drug-likeness (QED) is 0.695. The second-order valence-electron chi connectivity index (χ2n) is 7.96. The first-order chi connectivity index (χ1) is 12.2. The van der Waals surface area contributed by atoms with Crippen LogP contribution in [0.2, 0.25) is 0 Å². The summed E-state index contributed by atoms with van der Waals surface area (Å²) in [6.45, 7) is 5.49. The number of aryl methyl sites for hydroxylation is 1. The maximum absolute atomic E-state index is 12.2. The van der Waals surface area contributed by atoms with E-state index in [4.69, 9.17) is 4.74 Å². The Morgan fingerprint density at radius 1 is 1.38 bits per heavy atom. The number of rotatable bonds is 7. The average molecular weight is 386 g/mol. The lowest BCUT2D eigenvalue weighted by atomic mass is 9.84. The zero-order valence-electron chi connectivity index (χ0n) is 16.1. The molecule has 0 bridgehead atoms. The van der Waals surface area contributed by atoms with Gasteiger partial charge in [0.15, 0.2) is 0 Å². The Balaban J connectivity index is 1.95. The molecular formula is C17H31N5O3S. The second kappa shape index (κ2) is 9.55. The van der Waals surface area contributed by atoms with E-state index in [1.165, 1.54) is 31.0 Å². The van der Waals surface area contributed by atoms with Crippen molar-refractivity contribution in [1.82, 2.24) is 25.5 Å². The van der Waals surface area contributed by atoms with Crippen LogP contribution in [0.25, 0.3) is 0 Å². The Labute approximate surface area is 159 Å². The molecule has 1 heterocycles. The Bertz CT molecular complexity index is 569. The third kappa shape index (κ3) is 7.11. The van der Waals surface area contributed by atoms with Crippen molar-refractivity contribution in [2.75, 3.05) is 5.75 Å². The van der Waals surface area contributed by atoms with E-state index in [1.807, 2.05) is 20.8 Å². The van der Waals surface area contributed by atoms with Crippen molar-refractivity contribution in [3.8, 4) is 0 Å². The van der Waals surface area contributed by atoms with Gasteiger partial charge in [-0.1, -0.05) is 43.9 Å². The van der Waals surface area contributed by atoms with Crippen LogP contribution in [0.4, 0.5) is 4.79 Å². The van der Waals surface area contributed by atoms with Crippen molar-refractivity contribution in [2.45, 2.75) is 82.2 Å². The lowest BCUT2D eigenvalue weighted by molar-refractivity contribution is 0.0416. The van der Waals surface area contributed by atoms with E-state index in [0.29, 0.717) is 16.8 Å². The normalized spacial score (nSPS) is 18.3. The van der Waals surface area contributed by atoms with E-state index in [1.54, 1.807) is 11.7 Å². The third-order valence-corrected chi connectivity index (χ3v) is 5.56. The van der Waals surface area contributed by atoms with Gasteiger partial charge in [0.25, 0.3) is 0 Å². The molecule has 0 saturated heterocycles. The summed E-state index contributed by atoms with van der Waals surface area (Å²) in [4.78, 5) is 12.2. The minimum absolute atomic E-state index is 0.346. The highest BCUT2D eigenvalue weighted by molar-refractivity contribution is 7.99. The molecule has 0 aliphatic heterocycles. The van der Waals surface area contributed by atoms with E-state index < -0.39 is 17.8 Å². The average Bonchev–Trinajstić information content (AvgIpc) is 2.96. The fourth-order valence-corrected chi connectivity index (χ4v) is 4.04. The number of hydrogen-bond acceptors (Lipinski definition) is 7. The molecule has 8 nitrogen and oxygen atoms in total. The predicted molar refractivity (Wildman–Crippen MR) is 99.9 cm³/mol. The maximum Gasteiger partial charge on any atom is 0.407 e. The number of aliphatic hydroxyl groups is 1. The number of carbonyl (C=O) groups is 1. The molecule has 1 aliphatic carbocycles. The van der Waals surface area contributed by atoms with E-state index in [2.05, 4.69) is 20.8 Å². The molecule has 0 radical (unpaired) electrons. The number of carbonyl (C=O) groups excluding carboxylic acids is 1. The van der Waals surface area contributed by atoms with Crippen molar-refractivity contribution < 1.29 is 14.6 Å². The number of hydrogen-bond donors (Lipinski definition) is 2. The van der Waals surface area contributed by atoms with Gasteiger partial charge in [-0.25, -0.2) is 9.48 Å². The summed E-state index contributed by atoms with van der Waals surface area (Å²) in [7, 11) is 1.76. The number of nitrogens with one attached hydrogen (secondary N) is 1. The molecule has 1 unspecified atom stereocenters. The molecule has 1 aliphatic rings. The molecule has 0 spiro atoms. The van der Waals surface area contributed by atoms with Crippen molar-refractivity contribution in [1.29, 1.82) is 0 Å². The molecule has 1 aromatic rings. The molecule has 2 atom stereocenters. The van der Waals surface area contributed by atoms with Gasteiger partial charge in [0.05, 0.1) is 12.1 Å². The summed E-state index contributed by atoms with van der Waals surface area (Å²) < 4.78 is 6.94. The Morgan fingerprint density at radius 2 is 2.08 bits per heavy atom. The van der Waals surface area contributed by atoms with Gasteiger partial charge < -0.3 is 15.2 Å². The number of ether oxygens (including phenoxy) is 1. The number of amides is 1. The number of aromatic nitrogens is 4. The molecule has 2 N–H and O–H groups in total. The summed E-state index contributed by atoms with van der Waals surface area (Å²) in [5.41, 5.74) is -0.566. The van der Waals surface area contributed by atoms with Crippen molar-refractivity contribution in [3.05, 3.63) is 0 Å². The molecule has 2 rings (SSSR count). The molecule has 9 heteroatoms. The summed E-state index contributed by atoms with van der Waals surface area (Å²) >= 11 is 1.38. The highest BCUT2D eigenvalue weighted by atomic mass is 32.2. The molecule has 1 saturated carbocycles. The minimum atomic E-state index is -0.703. The zero-order chi connectivity index (χ0) is 19.2. The number of tetrazole rings is 1. The number of aliphatic hydroxyl groups excluding tert-OH is 1. The fraction of sp³-hybridized carbons (Fsp3) is 0.882. The second-order valence-corrected chi connectivity index (χ2v) is 8.94. The summed E-state index contributed by atoms with van der Waals surface area (Å²) in [6.07, 6.45) is 5.60. The van der Waals surface area contributed by atoms with Crippen LogP contribution in [-0.4, -0.2) is 54.9 Å². The Kier molecular flexibility index (Phi) is 7.69. The van der Waals surface area contributed by atoms with Gasteiger partial charge in [-0.15, -0.1) is 5.10 Å². The molecule has 1 amide bonds. The number of thioether (sulfide) groups is 1. The highest BCUT2D eigenvalue weighted by Gasteiger charge is 2.28. The zero-order valence-corrected chi connectivity index (χ0v) is 17.0. The maximum atomic E-state index is 12.2. The van der Waals surface area contributed by atoms with Crippen LogP contribution in [0.5, 0.6) is 0 Å². The molecule has 148 valence electrons. The van der Waals surface area contributed by atoms with Crippen molar-refractivity contribution >= 4 is 17.9 Å². The van der Waals surface area contributed by atoms with Gasteiger partial charge >= 0.3 is 6.09 Å². The van der Waals surface area contributed by atoms with E-state index in [-0.39, 0.29) is 6.04 Å². The SMILES string of the molecule is Cn1nnnc1SCC(O)[C@H](CC1CCCCC1)NC(=O)OC(C)(C)C. The lowest BCUT2D eigenvalue weighted by Gasteiger charge is -2.30.